The average Bonchev–Trinajstić information content (AvgIpc) is 3.05. The third-order valence-electron chi connectivity index (χ3n) is 6.23. The van der Waals surface area contributed by atoms with E-state index in [4.69, 9.17) is 0 Å². The van der Waals surface area contributed by atoms with Gasteiger partial charge >= 0.3 is 6.03 Å². The average molecular weight is 378 g/mol. The number of likely N-dealkylation sites (tertiary alicyclic amines) is 1. The van der Waals surface area contributed by atoms with Crippen molar-refractivity contribution in [3.63, 3.8) is 0 Å². The number of urea groups is 1. The summed E-state index contributed by atoms with van der Waals surface area (Å²) in [4.78, 5) is 19.7. The van der Waals surface area contributed by atoms with Crippen molar-refractivity contribution in [1.29, 1.82) is 0 Å². The van der Waals surface area contributed by atoms with Gasteiger partial charge in [-0.15, -0.1) is 10.2 Å². The summed E-state index contributed by atoms with van der Waals surface area (Å²) in [6, 6.07) is -0.137. The van der Waals surface area contributed by atoms with Crippen LogP contribution in [0.3, 0.4) is 0 Å². The molecule has 2 aliphatic heterocycles. The van der Waals surface area contributed by atoms with Crippen molar-refractivity contribution in [3.8, 4) is 0 Å². The molecule has 1 unspecified atom stereocenters. The van der Waals surface area contributed by atoms with Crippen molar-refractivity contribution in [2.75, 3.05) is 46.8 Å². The highest BCUT2D eigenvalue weighted by Gasteiger charge is 2.41. The summed E-state index contributed by atoms with van der Waals surface area (Å²) >= 11 is 0. The largest absolute Gasteiger partial charge is 0.328 e. The molecular formula is C19H35N7O. The van der Waals surface area contributed by atoms with Crippen molar-refractivity contribution in [2.24, 2.45) is 0 Å². The predicted octanol–water partition coefficient (Wildman–Crippen LogP) is 1.56. The van der Waals surface area contributed by atoms with Gasteiger partial charge in [-0.25, -0.2) is 4.79 Å². The van der Waals surface area contributed by atoms with Gasteiger partial charge in [0.2, 0.25) is 0 Å². The molecule has 0 saturated carbocycles. The maximum Gasteiger partial charge on any atom is 0.317 e. The maximum absolute atomic E-state index is 12.8. The topological polar surface area (TPSA) is 69.5 Å². The lowest BCUT2D eigenvalue weighted by Crippen LogP contribution is -2.59. The summed E-state index contributed by atoms with van der Waals surface area (Å²) in [6.07, 6.45) is 6.03. The van der Waals surface area contributed by atoms with Crippen molar-refractivity contribution in [2.45, 2.75) is 57.7 Å². The number of hydrogen-bond donors (Lipinski definition) is 1. The first-order valence-corrected chi connectivity index (χ1v) is 10.3. The third kappa shape index (κ3) is 4.43. The van der Waals surface area contributed by atoms with E-state index in [0.29, 0.717) is 0 Å². The molecule has 8 nitrogen and oxygen atoms in total. The molecule has 0 radical (unpaired) electrons. The molecule has 2 amide bonds. The number of carbonyl (C=O) groups is 1. The van der Waals surface area contributed by atoms with Gasteiger partial charge in [-0.1, -0.05) is 6.92 Å². The van der Waals surface area contributed by atoms with Crippen molar-refractivity contribution < 1.29 is 4.79 Å². The van der Waals surface area contributed by atoms with E-state index in [0.717, 1.165) is 64.4 Å². The van der Waals surface area contributed by atoms with Gasteiger partial charge in [-0.05, 0) is 59.8 Å². The van der Waals surface area contributed by atoms with Crippen LogP contribution >= 0.6 is 0 Å². The molecule has 3 heterocycles. The lowest BCUT2D eigenvalue weighted by Gasteiger charge is -2.47. The van der Waals surface area contributed by atoms with Gasteiger partial charge in [-0.2, -0.15) is 0 Å². The number of nitrogens with one attached hydrogen (secondary N) is 1. The molecule has 2 aliphatic rings. The van der Waals surface area contributed by atoms with E-state index in [1.165, 1.54) is 6.42 Å². The molecule has 1 aromatic rings. The van der Waals surface area contributed by atoms with Crippen LogP contribution in [0.15, 0.2) is 6.33 Å². The molecule has 0 aliphatic carbocycles. The second-order valence-electron chi connectivity index (χ2n) is 8.28. The third-order valence-corrected chi connectivity index (χ3v) is 6.23. The monoisotopic (exact) mass is 377 g/mol. The number of piperidine rings is 1. The lowest BCUT2D eigenvalue weighted by molar-refractivity contribution is 0.0420. The Hall–Kier alpha value is -1.67. The zero-order valence-electron chi connectivity index (χ0n) is 17.3. The molecular weight excluding hydrogens is 342 g/mol. The van der Waals surface area contributed by atoms with E-state index in [2.05, 4.69) is 46.3 Å². The van der Waals surface area contributed by atoms with Crippen LogP contribution < -0.4 is 5.32 Å². The molecule has 8 heteroatoms. The quantitative estimate of drug-likeness (QED) is 0.862. The van der Waals surface area contributed by atoms with E-state index in [1.807, 2.05) is 16.4 Å². The number of likely N-dealkylation sites (N-methyl/N-ethyl adjacent to an activating group) is 2. The number of rotatable bonds is 4. The minimum atomic E-state index is -0.144. The number of hydrogen-bond acceptors (Lipinski definition) is 5. The van der Waals surface area contributed by atoms with Gasteiger partial charge < -0.3 is 19.7 Å². The molecule has 2 saturated heterocycles. The zero-order valence-corrected chi connectivity index (χ0v) is 17.3. The lowest BCUT2D eigenvalue weighted by atomic mass is 9.85. The van der Waals surface area contributed by atoms with E-state index in [1.54, 1.807) is 6.33 Å². The zero-order chi connectivity index (χ0) is 19.4. The minimum Gasteiger partial charge on any atom is -0.328 e. The number of aryl methyl sites for hydroxylation is 1. The summed E-state index contributed by atoms with van der Waals surface area (Å²) < 4.78 is 2.02. The van der Waals surface area contributed by atoms with Crippen LogP contribution in [-0.4, -0.2) is 87.9 Å². The molecule has 3 rings (SSSR count). The minimum absolute atomic E-state index is 0.00743. The van der Waals surface area contributed by atoms with Crippen LogP contribution in [0.1, 0.15) is 51.4 Å². The molecule has 1 atom stereocenters. The SMILES string of the molecule is CCCn1cnnc1C(C)NC(=O)N1CCC2(CC1)CN(C)CCCN2C. The fourth-order valence-corrected chi connectivity index (χ4v) is 4.54. The van der Waals surface area contributed by atoms with Crippen LogP contribution in [-0.2, 0) is 6.54 Å². The molecule has 1 spiro atoms. The van der Waals surface area contributed by atoms with Crippen LogP contribution in [0, 0.1) is 0 Å². The summed E-state index contributed by atoms with van der Waals surface area (Å²) in [5.74, 6) is 0.823. The maximum atomic E-state index is 12.8. The van der Waals surface area contributed by atoms with Gasteiger partial charge in [0.05, 0.1) is 6.04 Å². The van der Waals surface area contributed by atoms with Gasteiger partial charge in [0.25, 0.3) is 0 Å². The summed E-state index contributed by atoms with van der Waals surface area (Å²) in [5.41, 5.74) is 0.203. The Balaban J connectivity index is 1.57. The van der Waals surface area contributed by atoms with Crippen molar-refractivity contribution in [1.82, 2.24) is 34.8 Å². The Kier molecular flexibility index (Phi) is 6.37. The second kappa shape index (κ2) is 8.56. The molecule has 1 aromatic heterocycles. The van der Waals surface area contributed by atoms with Gasteiger partial charge in [-0.3, -0.25) is 4.90 Å². The molecule has 2 fully saturated rings. The smallest absolute Gasteiger partial charge is 0.317 e. The molecule has 152 valence electrons. The Bertz CT molecular complexity index is 623. The highest BCUT2D eigenvalue weighted by Crippen LogP contribution is 2.31. The number of carbonyl (C=O) groups excluding carboxylic acids is 1. The first-order valence-electron chi connectivity index (χ1n) is 10.3. The first kappa shape index (κ1) is 20.1. The Morgan fingerprint density at radius 3 is 2.70 bits per heavy atom. The van der Waals surface area contributed by atoms with E-state index >= 15 is 0 Å². The highest BCUT2D eigenvalue weighted by atomic mass is 16.2. The fraction of sp³-hybridized carbons (Fsp3) is 0.842. The van der Waals surface area contributed by atoms with E-state index in [9.17, 15) is 4.79 Å². The number of aromatic nitrogens is 3. The Morgan fingerprint density at radius 1 is 1.26 bits per heavy atom. The summed E-state index contributed by atoms with van der Waals surface area (Å²) in [7, 11) is 4.46. The second-order valence-corrected chi connectivity index (χ2v) is 8.28. The summed E-state index contributed by atoms with van der Waals surface area (Å²) in [5, 5.41) is 11.3. The Morgan fingerprint density at radius 2 is 2.00 bits per heavy atom. The highest BCUT2D eigenvalue weighted by molar-refractivity contribution is 5.74. The first-order chi connectivity index (χ1) is 12.9. The molecule has 0 bridgehead atoms. The summed E-state index contributed by atoms with van der Waals surface area (Å²) in [6.45, 7) is 9.97. The van der Waals surface area contributed by atoms with Crippen molar-refractivity contribution >= 4 is 6.03 Å². The predicted molar refractivity (Wildman–Crippen MR) is 106 cm³/mol. The van der Waals surface area contributed by atoms with Crippen LogP contribution in [0.25, 0.3) is 0 Å². The van der Waals surface area contributed by atoms with Crippen molar-refractivity contribution in [3.05, 3.63) is 12.2 Å². The van der Waals surface area contributed by atoms with Gasteiger partial charge in [0.15, 0.2) is 5.82 Å². The standard InChI is InChI=1S/C19H35N7O/c1-5-9-26-15-20-22-17(26)16(2)21-18(27)25-12-7-19(8-13-25)14-23(3)10-6-11-24(19)4/h15-16H,5-14H2,1-4H3,(H,21,27). The van der Waals surface area contributed by atoms with Crippen LogP contribution in [0.5, 0.6) is 0 Å². The normalized spacial score (nSPS) is 22.6. The molecule has 1 N–H and O–H groups in total. The number of nitrogens with zero attached hydrogens (tertiary/aromatic N) is 6. The molecule has 27 heavy (non-hydrogen) atoms. The fourth-order valence-electron chi connectivity index (χ4n) is 4.54. The van der Waals surface area contributed by atoms with Gasteiger partial charge in [0, 0.05) is 31.7 Å². The van der Waals surface area contributed by atoms with Crippen LogP contribution in [0.4, 0.5) is 4.79 Å². The van der Waals surface area contributed by atoms with E-state index < -0.39 is 0 Å². The Labute approximate surface area is 162 Å². The molecule has 0 aromatic carbocycles. The number of amides is 2. The van der Waals surface area contributed by atoms with E-state index in [-0.39, 0.29) is 17.6 Å². The van der Waals surface area contributed by atoms with Gasteiger partial charge in [0.1, 0.15) is 6.33 Å². The van der Waals surface area contributed by atoms with Crippen LogP contribution in [0.2, 0.25) is 0 Å².